The van der Waals surface area contributed by atoms with E-state index in [0.717, 1.165) is 17.7 Å². The van der Waals surface area contributed by atoms with Gasteiger partial charge in [-0.3, -0.25) is 4.79 Å². The van der Waals surface area contributed by atoms with Crippen LogP contribution >= 0.6 is 0 Å². The standard InChI is InChI=1S/C14H17NO3/c15-14(4-7-17-8-5-14)13(16)11-1-2-12-10(9-11)3-6-18-12/h1-2,9H,3-8,15H2. The molecule has 18 heavy (non-hydrogen) atoms. The molecule has 2 aliphatic heterocycles. The van der Waals surface area contributed by atoms with Gasteiger partial charge in [0.15, 0.2) is 5.78 Å². The normalized spacial score (nSPS) is 21.2. The Kier molecular flexibility index (Phi) is 2.84. The van der Waals surface area contributed by atoms with Crippen molar-refractivity contribution in [2.24, 2.45) is 5.73 Å². The van der Waals surface area contributed by atoms with Crippen molar-refractivity contribution in [1.82, 2.24) is 0 Å². The Bertz CT molecular complexity index is 478. The highest BCUT2D eigenvalue weighted by atomic mass is 16.5. The third-order valence-corrected chi connectivity index (χ3v) is 3.79. The van der Waals surface area contributed by atoms with Crippen LogP contribution in [0.5, 0.6) is 5.75 Å². The molecule has 2 N–H and O–H groups in total. The summed E-state index contributed by atoms with van der Waals surface area (Å²) in [6, 6.07) is 5.61. The molecule has 0 saturated carbocycles. The highest BCUT2D eigenvalue weighted by Crippen LogP contribution is 2.29. The maximum Gasteiger partial charge on any atom is 0.182 e. The fourth-order valence-electron chi connectivity index (χ4n) is 2.58. The molecule has 0 spiro atoms. The van der Waals surface area contributed by atoms with E-state index in [1.807, 2.05) is 18.2 Å². The molecule has 0 unspecified atom stereocenters. The smallest absolute Gasteiger partial charge is 0.182 e. The summed E-state index contributed by atoms with van der Waals surface area (Å²) in [7, 11) is 0. The maximum absolute atomic E-state index is 12.5. The van der Waals surface area contributed by atoms with Gasteiger partial charge in [-0.15, -0.1) is 0 Å². The monoisotopic (exact) mass is 247 g/mol. The van der Waals surface area contributed by atoms with Gasteiger partial charge in [0.05, 0.1) is 12.1 Å². The van der Waals surface area contributed by atoms with Crippen LogP contribution in [0.25, 0.3) is 0 Å². The number of carbonyl (C=O) groups is 1. The number of carbonyl (C=O) groups excluding carboxylic acids is 1. The van der Waals surface area contributed by atoms with Crippen molar-refractivity contribution < 1.29 is 14.3 Å². The van der Waals surface area contributed by atoms with E-state index >= 15 is 0 Å². The average molecular weight is 247 g/mol. The van der Waals surface area contributed by atoms with Crippen LogP contribution in [0.1, 0.15) is 28.8 Å². The molecule has 0 bridgehead atoms. The Labute approximate surface area is 106 Å². The van der Waals surface area contributed by atoms with Crippen LogP contribution in [0, 0.1) is 0 Å². The Morgan fingerprint density at radius 2 is 2.00 bits per heavy atom. The Balaban J connectivity index is 1.88. The molecule has 0 radical (unpaired) electrons. The van der Waals surface area contributed by atoms with Gasteiger partial charge in [0.1, 0.15) is 5.75 Å². The van der Waals surface area contributed by atoms with Crippen LogP contribution in [-0.2, 0) is 11.2 Å². The molecule has 0 aromatic heterocycles. The second-order valence-electron chi connectivity index (χ2n) is 5.02. The first-order valence-electron chi connectivity index (χ1n) is 6.36. The van der Waals surface area contributed by atoms with Gasteiger partial charge in [-0.05, 0) is 36.6 Å². The lowest BCUT2D eigenvalue weighted by atomic mass is 9.83. The minimum atomic E-state index is -0.758. The van der Waals surface area contributed by atoms with Crippen LogP contribution in [0.4, 0.5) is 0 Å². The summed E-state index contributed by atoms with van der Waals surface area (Å²) in [4.78, 5) is 12.5. The van der Waals surface area contributed by atoms with Crippen molar-refractivity contribution in [3.63, 3.8) is 0 Å². The fraction of sp³-hybridized carbons (Fsp3) is 0.500. The van der Waals surface area contributed by atoms with Gasteiger partial charge in [0, 0.05) is 25.2 Å². The summed E-state index contributed by atoms with van der Waals surface area (Å²) in [5.41, 5.74) is 7.27. The predicted octanol–water partition coefficient (Wildman–Crippen LogP) is 1.31. The number of hydrogen-bond acceptors (Lipinski definition) is 4. The highest BCUT2D eigenvalue weighted by Gasteiger charge is 2.36. The molecule has 0 aliphatic carbocycles. The summed E-state index contributed by atoms with van der Waals surface area (Å²) >= 11 is 0. The van der Waals surface area contributed by atoms with E-state index < -0.39 is 5.54 Å². The van der Waals surface area contributed by atoms with Crippen molar-refractivity contribution in [2.45, 2.75) is 24.8 Å². The fourth-order valence-corrected chi connectivity index (χ4v) is 2.58. The lowest BCUT2D eigenvalue weighted by Gasteiger charge is -2.31. The van der Waals surface area contributed by atoms with E-state index in [0.29, 0.717) is 38.2 Å². The van der Waals surface area contributed by atoms with Crippen LogP contribution in [0.2, 0.25) is 0 Å². The first-order chi connectivity index (χ1) is 8.69. The van der Waals surface area contributed by atoms with Gasteiger partial charge in [-0.25, -0.2) is 0 Å². The number of ether oxygens (including phenoxy) is 2. The van der Waals surface area contributed by atoms with Crippen molar-refractivity contribution in [1.29, 1.82) is 0 Å². The molecule has 96 valence electrons. The highest BCUT2D eigenvalue weighted by molar-refractivity contribution is 6.03. The number of ketones is 1. The van der Waals surface area contributed by atoms with Crippen molar-refractivity contribution >= 4 is 5.78 Å². The second-order valence-corrected chi connectivity index (χ2v) is 5.02. The molecule has 1 aromatic carbocycles. The number of nitrogens with two attached hydrogens (primary N) is 1. The molecule has 4 heteroatoms. The molecule has 4 nitrogen and oxygen atoms in total. The molecule has 3 rings (SSSR count). The van der Waals surface area contributed by atoms with Gasteiger partial charge in [0.25, 0.3) is 0 Å². The maximum atomic E-state index is 12.5. The Hall–Kier alpha value is -1.39. The molecule has 2 aliphatic rings. The van der Waals surface area contributed by atoms with E-state index in [1.165, 1.54) is 0 Å². The number of fused-ring (bicyclic) bond motifs is 1. The number of hydrogen-bond donors (Lipinski definition) is 1. The van der Waals surface area contributed by atoms with Crippen LogP contribution < -0.4 is 10.5 Å². The third-order valence-electron chi connectivity index (χ3n) is 3.79. The minimum Gasteiger partial charge on any atom is -0.493 e. The number of Topliss-reactive ketones (excluding diaryl/α,β-unsaturated/α-hetero) is 1. The van der Waals surface area contributed by atoms with Gasteiger partial charge < -0.3 is 15.2 Å². The Morgan fingerprint density at radius 1 is 1.22 bits per heavy atom. The summed E-state index contributed by atoms with van der Waals surface area (Å²) in [6.45, 7) is 1.83. The first-order valence-corrected chi connectivity index (χ1v) is 6.36. The lowest BCUT2D eigenvalue weighted by Crippen LogP contribution is -2.51. The lowest BCUT2D eigenvalue weighted by molar-refractivity contribution is 0.0448. The molecule has 1 saturated heterocycles. The van der Waals surface area contributed by atoms with Gasteiger partial charge >= 0.3 is 0 Å². The van der Waals surface area contributed by atoms with Gasteiger partial charge in [-0.1, -0.05) is 0 Å². The summed E-state index contributed by atoms with van der Waals surface area (Å²) in [5, 5.41) is 0. The number of rotatable bonds is 2. The van der Waals surface area contributed by atoms with Crippen molar-refractivity contribution in [3.8, 4) is 5.75 Å². The third kappa shape index (κ3) is 1.91. The first kappa shape index (κ1) is 11.7. The van der Waals surface area contributed by atoms with Crippen LogP contribution in [0.3, 0.4) is 0 Å². The Morgan fingerprint density at radius 3 is 2.78 bits per heavy atom. The van der Waals surface area contributed by atoms with Crippen LogP contribution in [0.15, 0.2) is 18.2 Å². The zero-order valence-electron chi connectivity index (χ0n) is 10.3. The van der Waals surface area contributed by atoms with E-state index in [1.54, 1.807) is 0 Å². The van der Waals surface area contributed by atoms with Gasteiger partial charge in [0.2, 0.25) is 0 Å². The molecular weight excluding hydrogens is 230 g/mol. The van der Waals surface area contributed by atoms with E-state index in [-0.39, 0.29) is 5.78 Å². The molecular formula is C14H17NO3. The largest absolute Gasteiger partial charge is 0.493 e. The van der Waals surface area contributed by atoms with E-state index in [2.05, 4.69) is 0 Å². The molecule has 2 heterocycles. The summed E-state index contributed by atoms with van der Waals surface area (Å²) < 4.78 is 10.7. The summed E-state index contributed by atoms with van der Waals surface area (Å²) in [6.07, 6.45) is 2.07. The predicted molar refractivity (Wildman–Crippen MR) is 66.9 cm³/mol. The average Bonchev–Trinajstić information content (AvgIpc) is 2.86. The van der Waals surface area contributed by atoms with Crippen molar-refractivity contribution in [2.75, 3.05) is 19.8 Å². The summed E-state index contributed by atoms with van der Waals surface area (Å²) in [5.74, 6) is 0.921. The van der Waals surface area contributed by atoms with E-state index in [4.69, 9.17) is 15.2 Å². The van der Waals surface area contributed by atoms with E-state index in [9.17, 15) is 4.79 Å². The molecule has 0 atom stereocenters. The SMILES string of the molecule is NC1(C(=O)c2ccc3c(c2)CCO3)CCOCC1. The topological polar surface area (TPSA) is 61.6 Å². The number of benzene rings is 1. The zero-order valence-corrected chi connectivity index (χ0v) is 10.3. The molecule has 1 aromatic rings. The van der Waals surface area contributed by atoms with Crippen molar-refractivity contribution in [3.05, 3.63) is 29.3 Å². The second kappa shape index (κ2) is 4.37. The molecule has 0 amide bonds. The zero-order chi connectivity index (χ0) is 12.6. The quantitative estimate of drug-likeness (QED) is 0.800. The van der Waals surface area contributed by atoms with Gasteiger partial charge in [-0.2, -0.15) is 0 Å². The minimum absolute atomic E-state index is 0.0282. The van der Waals surface area contributed by atoms with Crippen LogP contribution in [-0.4, -0.2) is 31.1 Å². The molecule has 1 fully saturated rings.